The number of anilines is 1. The molecule has 3 aromatic rings. The van der Waals surface area contributed by atoms with Gasteiger partial charge in [0.05, 0.1) is 23.1 Å². The molecule has 0 unspecified atom stereocenters. The molecule has 0 N–H and O–H groups in total. The Hall–Kier alpha value is -2.87. The second-order valence-corrected chi connectivity index (χ2v) is 6.90. The number of nitrogens with zero attached hydrogens (tertiary/aromatic N) is 5. The van der Waals surface area contributed by atoms with Crippen LogP contribution < -0.4 is 4.90 Å². The molecule has 3 heterocycles. The van der Waals surface area contributed by atoms with Crippen molar-refractivity contribution in [3.63, 3.8) is 0 Å². The Bertz CT molecular complexity index is 1020. The van der Waals surface area contributed by atoms with Crippen LogP contribution in [0.3, 0.4) is 0 Å². The molecule has 0 atom stereocenters. The molecule has 4 rings (SSSR count). The molecular formula is C20H20F3N5. The molecule has 5 nitrogen and oxygen atoms in total. The molecule has 146 valence electrons. The molecule has 1 fully saturated rings. The highest BCUT2D eigenvalue weighted by molar-refractivity contribution is 5.69. The lowest BCUT2D eigenvalue weighted by molar-refractivity contribution is -0.137. The second-order valence-electron chi connectivity index (χ2n) is 6.90. The van der Waals surface area contributed by atoms with Crippen LogP contribution in [0.4, 0.5) is 18.9 Å². The molecule has 0 radical (unpaired) electrons. The molecule has 0 bridgehead atoms. The third kappa shape index (κ3) is 3.35. The first-order valence-corrected chi connectivity index (χ1v) is 8.99. The fourth-order valence-electron chi connectivity index (χ4n) is 3.44. The maximum atomic E-state index is 13.8. The summed E-state index contributed by atoms with van der Waals surface area (Å²) in [5.74, 6) is 0. The largest absolute Gasteiger partial charge is 0.418 e. The molecule has 1 aromatic carbocycles. The van der Waals surface area contributed by atoms with Gasteiger partial charge in [-0.2, -0.15) is 18.3 Å². The average molecular weight is 387 g/mol. The topological polar surface area (TPSA) is 36.7 Å². The van der Waals surface area contributed by atoms with Gasteiger partial charge in [-0.15, -0.1) is 0 Å². The van der Waals surface area contributed by atoms with E-state index in [1.165, 1.54) is 6.07 Å². The van der Waals surface area contributed by atoms with Gasteiger partial charge in [-0.3, -0.25) is 0 Å². The Morgan fingerprint density at radius 2 is 1.82 bits per heavy atom. The van der Waals surface area contributed by atoms with E-state index >= 15 is 0 Å². The monoisotopic (exact) mass is 387 g/mol. The number of likely N-dealkylation sites (N-methyl/N-ethyl adjacent to an activating group) is 1. The van der Waals surface area contributed by atoms with Gasteiger partial charge in [-0.1, -0.05) is 12.6 Å². The summed E-state index contributed by atoms with van der Waals surface area (Å²) < 4.78 is 43.1. The molecule has 1 aliphatic rings. The summed E-state index contributed by atoms with van der Waals surface area (Å²) in [6.45, 7) is 6.30. The second kappa shape index (κ2) is 6.94. The van der Waals surface area contributed by atoms with Crippen LogP contribution in [-0.4, -0.2) is 52.7 Å². The predicted octanol–water partition coefficient (Wildman–Crippen LogP) is 3.81. The molecule has 0 aliphatic carbocycles. The van der Waals surface area contributed by atoms with E-state index in [1.54, 1.807) is 46.0 Å². The highest BCUT2D eigenvalue weighted by Gasteiger charge is 2.36. The van der Waals surface area contributed by atoms with Crippen LogP contribution in [0.15, 0.2) is 43.1 Å². The normalized spacial score (nSPS) is 15.9. The maximum absolute atomic E-state index is 13.8. The zero-order chi connectivity index (χ0) is 19.9. The van der Waals surface area contributed by atoms with Gasteiger partial charge >= 0.3 is 6.18 Å². The molecule has 2 aromatic heterocycles. The third-order valence-corrected chi connectivity index (χ3v) is 5.03. The van der Waals surface area contributed by atoms with Gasteiger partial charge in [-0.05, 0) is 37.4 Å². The van der Waals surface area contributed by atoms with Crippen molar-refractivity contribution in [2.75, 3.05) is 38.1 Å². The van der Waals surface area contributed by atoms with Gasteiger partial charge in [-0.25, -0.2) is 9.50 Å². The highest BCUT2D eigenvalue weighted by Crippen LogP contribution is 2.39. The van der Waals surface area contributed by atoms with Crippen molar-refractivity contribution in [3.8, 4) is 11.3 Å². The Kier molecular flexibility index (Phi) is 4.58. The van der Waals surface area contributed by atoms with E-state index in [1.807, 2.05) is 7.05 Å². The predicted molar refractivity (Wildman–Crippen MR) is 103 cm³/mol. The Morgan fingerprint density at radius 1 is 1.07 bits per heavy atom. The summed E-state index contributed by atoms with van der Waals surface area (Å²) in [4.78, 5) is 8.16. The number of hydrogen-bond acceptors (Lipinski definition) is 4. The zero-order valence-electron chi connectivity index (χ0n) is 15.4. The van der Waals surface area contributed by atoms with Crippen molar-refractivity contribution < 1.29 is 13.2 Å². The van der Waals surface area contributed by atoms with Crippen LogP contribution in [0.5, 0.6) is 0 Å². The number of halogens is 3. The van der Waals surface area contributed by atoms with Crippen LogP contribution >= 0.6 is 0 Å². The van der Waals surface area contributed by atoms with Crippen molar-refractivity contribution >= 4 is 17.4 Å². The van der Waals surface area contributed by atoms with E-state index in [0.29, 0.717) is 35.7 Å². The summed E-state index contributed by atoms with van der Waals surface area (Å²) in [5.41, 5.74) is 1.71. The molecule has 1 aliphatic heterocycles. The molecule has 28 heavy (non-hydrogen) atoms. The van der Waals surface area contributed by atoms with Gasteiger partial charge in [0, 0.05) is 37.4 Å². The van der Waals surface area contributed by atoms with Crippen LogP contribution in [0.25, 0.3) is 23.0 Å². The fourth-order valence-corrected chi connectivity index (χ4v) is 3.44. The molecule has 0 spiro atoms. The van der Waals surface area contributed by atoms with E-state index < -0.39 is 11.7 Å². The third-order valence-electron chi connectivity index (χ3n) is 5.03. The summed E-state index contributed by atoms with van der Waals surface area (Å²) in [7, 11) is 1.97. The average Bonchev–Trinajstić information content (AvgIpc) is 3.10. The Balaban J connectivity index is 1.80. The smallest absolute Gasteiger partial charge is 0.368 e. The van der Waals surface area contributed by atoms with E-state index in [4.69, 9.17) is 0 Å². The van der Waals surface area contributed by atoms with Gasteiger partial charge in [0.25, 0.3) is 0 Å². The van der Waals surface area contributed by atoms with Crippen LogP contribution in [0.2, 0.25) is 0 Å². The van der Waals surface area contributed by atoms with Gasteiger partial charge in [0.2, 0.25) is 0 Å². The Labute approximate surface area is 160 Å². The highest BCUT2D eigenvalue weighted by atomic mass is 19.4. The first-order chi connectivity index (χ1) is 13.4. The lowest BCUT2D eigenvalue weighted by atomic mass is 10.0. The number of benzene rings is 1. The summed E-state index contributed by atoms with van der Waals surface area (Å²) in [5, 5.41) is 4.38. The summed E-state index contributed by atoms with van der Waals surface area (Å²) >= 11 is 0. The van der Waals surface area contributed by atoms with Crippen LogP contribution in [-0.2, 0) is 6.18 Å². The molecule has 0 saturated carbocycles. The summed E-state index contributed by atoms with van der Waals surface area (Å²) in [6, 6.07) is 7.97. The van der Waals surface area contributed by atoms with Gasteiger partial charge in [0.1, 0.15) is 0 Å². The minimum atomic E-state index is -4.45. The number of piperazine rings is 1. The first-order valence-electron chi connectivity index (χ1n) is 8.99. The standard InChI is InChI=1S/C20H20F3N5/c1-3-15-5-7-19-24-13-18(28(19)25-15)14-4-6-17(16(12-14)20(21,22)23)27-10-8-26(2)9-11-27/h3-7,12-13H,1,8-11H2,2H3. The van der Waals surface area contributed by atoms with E-state index in [-0.39, 0.29) is 5.69 Å². The van der Waals surface area contributed by atoms with E-state index in [0.717, 1.165) is 13.1 Å². The van der Waals surface area contributed by atoms with Crippen LogP contribution in [0.1, 0.15) is 11.3 Å². The van der Waals surface area contributed by atoms with Gasteiger partial charge in [0.15, 0.2) is 5.65 Å². The fraction of sp³-hybridized carbons (Fsp3) is 0.300. The van der Waals surface area contributed by atoms with E-state index in [9.17, 15) is 13.2 Å². The number of aromatic nitrogens is 3. The number of rotatable bonds is 3. The number of fused-ring (bicyclic) bond motifs is 1. The first kappa shape index (κ1) is 18.5. The molecule has 0 amide bonds. The van der Waals surface area contributed by atoms with Crippen molar-refractivity contribution in [2.45, 2.75) is 6.18 Å². The van der Waals surface area contributed by atoms with Gasteiger partial charge < -0.3 is 9.80 Å². The number of alkyl halides is 3. The SMILES string of the molecule is C=Cc1ccc2ncc(-c3ccc(N4CCN(C)CC4)c(C(F)(F)F)c3)n2n1. The van der Waals surface area contributed by atoms with Crippen LogP contribution in [0, 0.1) is 0 Å². The van der Waals surface area contributed by atoms with Crippen molar-refractivity contribution in [1.82, 2.24) is 19.5 Å². The van der Waals surface area contributed by atoms with Crippen molar-refractivity contribution in [1.29, 1.82) is 0 Å². The Morgan fingerprint density at radius 3 is 2.50 bits per heavy atom. The minimum Gasteiger partial charge on any atom is -0.368 e. The number of hydrogen-bond donors (Lipinski definition) is 0. The van der Waals surface area contributed by atoms with Crippen molar-refractivity contribution in [2.24, 2.45) is 0 Å². The quantitative estimate of drug-likeness (QED) is 0.685. The lowest BCUT2D eigenvalue weighted by Crippen LogP contribution is -2.45. The summed E-state index contributed by atoms with van der Waals surface area (Å²) in [6.07, 6.45) is -1.32. The number of imidazole rings is 1. The molecule has 1 saturated heterocycles. The maximum Gasteiger partial charge on any atom is 0.418 e. The molecule has 8 heteroatoms. The van der Waals surface area contributed by atoms with Crippen molar-refractivity contribution in [3.05, 3.63) is 54.4 Å². The minimum absolute atomic E-state index is 0.220. The zero-order valence-corrected chi connectivity index (χ0v) is 15.4. The lowest BCUT2D eigenvalue weighted by Gasteiger charge is -2.35. The molecular weight excluding hydrogens is 367 g/mol. The van der Waals surface area contributed by atoms with E-state index in [2.05, 4.69) is 21.6 Å².